The van der Waals surface area contributed by atoms with Crippen LogP contribution in [0.25, 0.3) is 86.9 Å². The highest BCUT2D eigenvalue weighted by atomic mass is 15.1. The van der Waals surface area contributed by atoms with Crippen molar-refractivity contribution in [2.24, 2.45) is 0 Å². The fraction of sp³-hybridized carbons (Fsp3) is 0.0545. The Kier molecular flexibility index (Phi) is 7.87. The number of hydrogen-bond acceptors (Lipinski definition) is 1. The summed E-state index contributed by atoms with van der Waals surface area (Å²) in [5.74, 6) is 0. The minimum absolute atomic E-state index is 0.986. The fourth-order valence-corrected chi connectivity index (χ4v) is 9.52. The highest BCUT2D eigenvalue weighted by molar-refractivity contribution is 6.47. The number of nitrogens with zero attached hydrogens (tertiary/aromatic N) is 1. The maximum Gasteiger partial charge on any atom is 0.0540 e. The average Bonchev–Trinajstić information content (AvgIpc) is 3.74. The van der Waals surface area contributed by atoms with Gasteiger partial charge in [-0.3, -0.25) is 0 Å². The normalized spacial score (nSPS) is 12.4. The molecule has 0 saturated carbocycles. The van der Waals surface area contributed by atoms with E-state index >= 15 is 0 Å². The smallest absolute Gasteiger partial charge is 0.0540 e. The van der Waals surface area contributed by atoms with E-state index in [1.165, 1.54) is 104 Å². The molecule has 0 fully saturated rings. The van der Waals surface area contributed by atoms with Crippen molar-refractivity contribution in [1.82, 2.24) is 0 Å². The number of fused-ring (bicyclic) bond motifs is 6. The van der Waals surface area contributed by atoms with Gasteiger partial charge in [0, 0.05) is 16.8 Å². The van der Waals surface area contributed by atoms with Crippen LogP contribution in [0.3, 0.4) is 0 Å². The second-order valence-corrected chi connectivity index (χ2v) is 15.0. The molecule has 0 aliphatic heterocycles. The van der Waals surface area contributed by atoms with Crippen molar-refractivity contribution in [3.8, 4) is 22.3 Å². The summed E-state index contributed by atoms with van der Waals surface area (Å²) >= 11 is 0. The Morgan fingerprint density at radius 1 is 0.446 bits per heavy atom. The van der Waals surface area contributed by atoms with Crippen molar-refractivity contribution in [1.29, 1.82) is 0 Å². The number of benzene rings is 8. The summed E-state index contributed by atoms with van der Waals surface area (Å²) in [5.41, 5.74) is 12.0. The Hall–Kier alpha value is -6.96. The predicted molar refractivity (Wildman–Crippen MR) is 245 cm³/mol. The van der Waals surface area contributed by atoms with Gasteiger partial charge >= 0.3 is 0 Å². The minimum atomic E-state index is 0.986. The number of rotatable bonds is 8. The van der Waals surface area contributed by atoms with Crippen molar-refractivity contribution >= 4 is 76.0 Å². The molecule has 0 saturated heterocycles. The molecular weight excluding hydrogens is 675 g/mol. The number of allylic oxidation sites excluding steroid dienone is 5. The molecule has 0 unspecified atom stereocenters. The Bertz CT molecular complexity index is 3140. The van der Waals surface area contributed by atoms with Gasteiger partial charge in [-0.2, -0.15) is 0 Å². The van der Waals surface area contributed by atoms with Crippen molar-refractivity contribution in [2.75, 3.05) is 4.90 Å². The van der Waals surface area contributed by atoms with E-state index in [1.54, 1.807) is 6.08 Å². The van der Waals surface area contributed by atoms with E-state index in [-0.39, 0.29) is 0 Å². The molecule has 1 nitrogen and oxygen atoms in total. The number of anilines is 2. The van der Waals surface area contributed by atoms with Gasteiger partial charge in [0.1, 0.15) is 0 Å². The van der Waals surface area contributed by atoms with Crippen LogP contribution in [0.15, 0.2) is 189 Å². The fourth-order valence-electron chi connectivity index (χ4n) is 9.52. The van der Waals surface area contributed by atoms with Crippen molar-refractivity contribution < 1.29 is 0 Å². The summed E-state index contributed by atoms with van der Waals surface area (Å²) in [4.78, 5) is 2.37. The van der Waals surface area contributed by atoms with Gasteiger partial charge in [-0.25, -0.2) is 0 Å². The average molecular weight is 716 g/mol. The first-order chi connectivity index (χ1) is 27.5. The molecule has 56 heavy (non-hydrogen) atoms. The molecule has 0 heterocycles. The Balaban J connectivity index is 1.44. The first kappa shape index (κ1) is 33.6. The third-order valence-corrected chi connectivity index (χ3v) is 11.8. The monoisotopic (exact) mass is 715 g/mol. The lowest BCUT2D eigenvalue weighted by Gasteiger charge is -2.29. The molecule has 0 bridgehead atoms. The maximum atomic E-state index is 4.31. The molecule has 0 atom stereocenters. The summed E-state index contributed by atoms with van der Waals surface area (Å²) in [6.45, 7) is 14.8. The van der Waals surface area contributed by atoms with Gasteiger partial charge in [-0.15, -0.1) is 0 Å². The van der Waals surface area contributed by atoms with Crippen LogP contribution in [0.2, 0.25) is 0 Å². The summed E-state index contributed by atoms with van der Waals surface area (Å²) in [5, 5.41) is 15.6. The Morgan fingerprint density at radius 2 is 0.964 bits per heavy atom. The van der Waals surface area contributed by atoms with E-state index in [0.717, 1.165) is 17.1 Å². The van der Waals surface area contributed by atoms with Crippen LogP contribution in [0.1, 0.15) is 16.7 Å². The lowest BCUT2D eigenvalue weighted by atomic mass is 9.87. The zero-order chi connectivity index (χ0) is 38.1. The molecule has 10 rings (SSSR count). The molecule has 10 aromatic rings. The molecule has 0 aliphatic rings. The van der Waals surface area contributed by atoms with Crippen LogP contribution in [0, 0.1) is 20.8 Å². The van der Waals surface area contributed by atoms with E-state index in [2.05, 4.69) is 184 Å². The van der Waals surface area contributed by atoms with Crippen molar-refractivity contribution in [3.63, 3.8) is 0 Å². The van der Waals surface area contributed by atoms with E-state index in [1.807, 2.05) is 18.2 Å². The SMILES string of the molecule is C=C/C=C\C=C(/C=C)N(c1ccc(C)cc1C)c1ccc2c3c(-c4ccccc4)c4c5ccc(C)c6cccc(c4c(-c4ccccc4)c3c3cccc1c32)c65. The second-order valence-electron chi connectivity index (χ2n) is 15.0. The summed E-state index contributed by atoms with van der Waals surface area (Å²) in [7, 11) is 0. The zero-order valence-electron chi connectivity index (χ0n) is 32.0. The largest absolute Gasteiger partial charge is 0.310 e. The van der Waals surface area contributed by atoms with E-state index < -0.39 is 0 Å². The van der Waals surface area contributed by atoms with Crippen LogP contribution in [0.4, 0.5) is 11.4 Å². The Labute approximate surface area is 328 Å². The van der Waals surface area contributed by atoms with Gasteiger partial charge in [0.25, 0.3) is 0 Å². The van der Waals surface area contributed by atoms with Crippen molar-refractivity contribution in [3.05, 3.63) is 205 Å². The first-order valence-corrected chi connectivity index (χ1v) is 19.4. The number of hydrogen-bond donors (Lipinski definition) is 0. The van der Waals surface area contributed by atoms with Crippen LogP contribution in [-0.2, 0) is 0 Å². The lowest BCUT2D eigenvalue weighted by molar-refractivity contribution is 1.19. The molecule has 0 radical (unpaired) electrons. The molecule has 1 heteroatoms. The second kappa shape index (κ2) is 13.1. The van der Waals surface area contributed by atoms with Gasteiger partial charge in [0.15, 0.2) is 0 Å². The van der Waals surface area contributed by atoms with E-state index in [4.69, 9.17) is 0 Å². The number of aryl methyl sites for hydroxylation is 3. The van der Waals surface area contributed by atoms with E-state index in [9.17, 15) is 0 Å². The molecule has 0 amide bonds. The van der Waals surface area contributed by atoms with Gasteiger partial charge in [0.05, 0.1) is 5.69 Å². The Morgan fingerprint density at radius 3 is 1.54 bits per heavy atom. The highest BCUT2D eigenvalue weighted by Crippen LogP contribution is 2.56. The summed E-state index contributed by atoms with van der Waals surface area (Å²) in [6.07, 6.45) is 9.88. The lowest BCUT2D eigenvalue weighted by Crippen LogP contribution is -2.16. The summed E-state index contributed by atoms with van der Waals surface area (Å²) < 4.78 is 0. The predicted octanol–water partition coefficient (Wildman–Crippen LogP) is 15.7. The van der Waals surface area contributed by atoms with Crippen molar-refractivity contribution in [2.45, 2.75) is 20.8 Å². The van der Waals surface area contributed by atoms with Gasteiger partial charge in [-0.1, -0.05) is 164 Å². The minimum Gasteiger partial charge on any atom is -0.310 e. The van der Waals surface area contributed by atoms with Gasteiger partial charge < -0.3 is 4.90 Å². The molecule has 0 aliphatic carbocycles. The molecule has 266 valence electrons. The summed E-state index contributed by atoms with van der Waals surface area (Å²) in [6, 6.07) is 52.0. The quantitative estimate of drug-likeness (QED) is 0.142. The molecule has 10 aromatic carbocycles. The molecular formula is C55H41N. The van der Waals surface area contributed by atoms with Crippen LogP contribution in [0.5, 0.6) is 0 Å². The van der Waals surface area contributed by atoms with Crippen LogP contribution < -0.4 is 4.90 Å². The van der Waals surface area contributed by atoms with Gasteiger partial charge in [-0.05, 0) is 138 Å². The molecule has 0 N–H and O–H groups in total. The van der Waals surface area contributed by atoms with Crippen LogP contribution >= 0.6 is 0 Å². The standard InChI is InChI=1S/C55H41N/c1-6-8-11-22-39(7-2)56(46-31-27-34(3)33-36(46)5)47-32-30-45-51-41(47)24-17-26-43(51)53-48(37-18-12-9-13-19-37)52-42-25-16-23-40-35(4)28-29-44(50(40)42)54(52)49(55(45)53)38-20-14-10-15-21-38/h6-33H,1-2H2,3-5H3/b11-8-,39-22+. The third-order valence-electron chi connectivity index (χ3n) is 11.8. The van der Waals surface area contributed by atoms with Crippen LogP contribution in [-0.4, -0.2) is 0 Å². The molecule has 0 aromatic heterocycles. The first-order valence-electron chi connectivity index (χ1n) is 19.4. The maximum absolute atomic E-state index is 4.31. The molecule has 0 spiro atoms. The highest BCUT2D eigenvalue weighted by Gasteiger charge is 2.29. The third kappa shape index (κ3) is 4.87. The van der Waals surface area contributed by atoms with E-state index in [0.29, 0.717) is 0 Å². The van der Waals surface area contributed by atoms with Gasteiger partial charge in [0.2, 0.25) is 0 Å². The topological polar surface area (TPSA) is 3.24 Å². The zero-order valence-corrected chi connectivity index (χ0v) is 32.0.